The zero-order chi connectivity index (χ0) is 16.1. The predicted molar refractivity (Wildman–Crippen MR) is 87.2 cm³/mol. The fraction of sp³-hybridized carbons (Fsp3) is 0.500. The van der Waals surface area contributed by atoms with Gasteiger partial charge >= 0.3 is 6.09 Å². The molecular weight excluding hydrogens is 276 g/mol. The molecule has 1 fully saturated rings. The number of alkyl carbamates (subject to hydrolysis) is 1. The van der Waals surface area contributed by atoms with E-state index in [0.717, 1.165) is 13.1 Å². The molecule has 1 amide bonds. The van der Waals surface area contributed by atoms with E-state index in [-0.39, 0.29) is 24.1 Å². The van der Waals surface area contributed by atoms with Crippen molar-refractivity contribution in [2.24, 2.45) is 5.92 Å². The molecule has 1 saturated heterocycles. The molecule has 1 aliphatic rings. The number of nitrogens with one attached hydrogen (secondary N) is 1. The maximum Gasteiger partial charge on any atom is 0.407 e. The molecule has 0 saturated carbocycles. The third kappa shape index (κ3) is 4.02. The van der Waals surface area contributed by atoms with Crippen molar-refractivity contribution in [3.63, 3.8) is 0 Å². The SMILES string of the molecule is C#CC1CN(Cc2ccccc2)C(C)C1NC(=O)OC(C)C. The minimum Gasteiger partial charge on any atom is -0.447 e. The molecule has 0 bridgehead atoms. The number of likely N-dealkylation sites (tertiary alicyclic amines) is 1. The molecule has 4 heteroatoms. The fourth-order valence-electron chi connectivity index (χ4n) is 2.88. The second-order valence-corrected chi connectivity index (χ2v) is 6.05. The standard InChI is InChI=1S/C18H24N2O2/c1-5-16-12-20(11-15-9-7-6-8-10-15)14(4)17(16)19-18(21)22-13(2)3/h1,6-10,13-14,16-17H,11-12H2,2-4H3,(H,19,21). The van der Waals surface area contributed by atoms with Gasteiger partial charge in [-0.1, -0.05) is 36.3 Å². The van der Waals surface area contributed by atoms with Crippen LogP contribution in [0.5, 0.6) is 0 Å². The molecule has 3 unspecified atom stereocenters. The number of rotatable bonds is 4. The van der Waals surface area contributed by atoms with Crippen LogP contribution in [0, 0.1) is 18.3 Å². The Balaban J connectivity index is 2.02. The molecular formula is C18H24N2O2. The normalized spacial score (nSPS) is 25.0. The molecule has 0 aliphatic carbocycles. The molecule has 22 heavy (non-hydrogen) atoms. The van der Waals surface area contributed by atoms with Crippen LogP contribution in [0.25, 0.3) is 0 Å². The van der Waals surface area contributed by atoms with Crippen LogP contribution in [0.2, 0.25) is 0 Å². The number of hydrogen-bond donors (Lipinski definition) is 1. The molecule has 0 radical (unpaired) electrons. The predicted octanol–water partition coefficient (Wildman–Crippen LogP) is 2.64. The minimum atomic E-state index is -0.395. The summed E-state index contributed by atoms with van der Waals surface area (Å²) in [7, 11) is 0. The van der Waals surface area contributed by atoms with Crippen LogP contribution in [0.1, 0.15) is 26.3 Å². The van der Waals surface area contributed by atoms with Crippen LogP contribution >= 0.6 is 0 Å². The number of nitrogens with zero attached hydrogens (tertiary/aromatic N) is 1. The largest absolute Gasteiger partial charge is 0.447 e. The summed E-state index contributed by atoms with van der Waals surface area (Å²) in [6.45, 7) is 7.37. The van der Waals surface area contributed by atoms with Gasteiger partial charge in [-0.25, -0.2) is 4.79 Å². The van der Waals surface area contributed by atoms with E-state index in [0.29, 0.717) is 0 Å². The van der Waals surface area contributed by atoms with Crippen LogP contribution < -0.4 is 5.32 Å². The van der Waals surface area contributed by atoms with Crippen molar-refractivity contribution in [3.05, 3.63) is 35.9 Å². The van der Waals surface area contributed by atoms with Gasteiger partial charge in [0.1, 0.15) is 0 Å². The highest BCUT2D eigenvalue weighted by Crippen LogP contribution is 2.25. The third-order valence-electron chi connectivity index (χ3n) is 4.03. The molecule has 0 aromatic heterocycles. The van der Waals surface area contributed by atoms with E-state index < -0.39 is 6.09 Å². The lowest BCUT2D eigenvalue weighted by Crippen LogP contribution is -2.46. The number of terminal acetylenes is 1. The third-order valence-corrected chi connectivity index (χ3v) is 4.03. The van der Waals surface area contributed by atoms with Crippen LogP contribution in [0.4, 0.5) is 4.79 Å². The summed E-state index contributed by atoms with van der Waals surface area (Å²) < 4.78 is 5.17. The summed E-state index contributed by atoms with van der Waals surface area (Å²) in [5.41, 5.74) is 1.25. The van der Waals surface area contributed by atoms with E-state index in [4.69, 9.17) is 11.2 Å². The summed E-state index contributed by atoms with van der Waals surface area (Å²) in [6, 6.07) is 10.4. The molecule has 3 atom stereocenters. The molecule has 2 rings (SSSR count). The average Bonchev–Trinajstić information content (AvgIpc) is 2.76. The highest BCUT2D eigenvalue weighted by atomic mass is 16.6. The van der Waals surface area contributed by atoms with Gasteiger partial charge in [0.15, 0.2) is 0 Å². The van der Waals surface area contributed by atoms with Crippen LogP contribution in [0.3, 0.4) is 0 Å². The molecule has 4 nitrogen and oxygen atoms in total. The maximum absolute atomic E-state index is 11.9. The van der Waals surface area contributed by atoms with Crippen molar-refractivity contribution in [2.45, 2.75) is 45.5 Å². The maximum atomic E-state index is 11.9. The van der Waals surface area contributed by atoms with Crippen LogP contribution in [0.15, 0.2) is 30.3 Å². The summed E-state index contributed by atoms with van der Waals surface area (Å²) >= 11 is 0. The Kier molecular flexibility index (Phi) is 5.46. The summed E-state index contributed by atoms with van der Waals surface area (Å²) in [6.07, 6.45) is 5.12. The first-order valence-electron chi connectivity index (χ1n) is 7.72. The molecule has 118 valence electrons. The molecule has 1 N–H and O–H groups in total. The van der Waals surface area contributed by atoms with Crippen LogP contribution in [-0.2, 0) is 11.3 Å². The summed E-state index contributed by atoms with van der Waals surface area (Å²) in [4.78, 5) is 14.2. The Morgan fingerprint density at radius 2 is 2.14 bits per heavy atom. The smallest absolute Gasteiger partial charge is 0.407 e. The number of benzene rings is 1. The Morgan fingerprint density at radius 1 is 1.45 bits per heavy atom. The lowest BCUT2D eigenvalue weighted by atomic mass is 10.0. The van der Waals surface area contributed by atoms with Gasteiger partial charge in [-0.15, -0.1) is 6.42 Å². The molecule has 1 aliphatic heterocycles. The second kappa shape index (κ2) is 7.33. The van der Waals surface area contributed by atoms with Crippen molar-refractivity contribution in [3.8, 4) is 12.3 Å². The van der Waals surface area contributed by atoms with E-state index in [2.05, 4.69) is 35.2 Å². The van der Waals surface area contributed by atoms with Gasteiger partial charge < -0.3 is 10.1 Å². The zero-order valence-electron chi connectivity index (χ0n) is 13.5. The van der Waals surface area contributed by atoms with Crippen LogP contribution in [-0.4, -0.2) is 35.7 Å². The van der Waals surface area contributed by atoms with Crippen molar-refractivity contribution >= 4 is 6.09 Å². The number of ether oxygens (including phenoxy) is 1. The Bertz CT molecular complexity index is 536. The van der Waals surface area contributed by atoms with E-state index >= 15 is 0 Å². The summed E-state index contributed by atoms with van der Waals surface area (Å²) in [5.74, 6) is 2.81. The van der Waals surface area contributed by atoms with Gasteiger partial charge in [0.25, 0.3) is 0 Å². The lowest BCUT2D eigenvalue weighted by Gasteiger charge is -2.25. The highest BCUT2D eigenvalue weighted by Gasteiger charge is 2.39. The first-order chi connectivity index (χ1) is 10.5. The van der Waals surface area contributed by atoms with Gasteiger partial charge in [0.2, 0.25) is 0 Å². The topological polar surface area (TPSA) is 41.6 Å². The Hall–Kier alpha value is -1.99. The first kappa shape index (κ1) is 16.4. The number of amides is 1. The average molecular weight is 300 g/mol. The van der Waals surface area contributed by atoms with E-state index in [1.807, 2.05) is 32.0 Å². The molecule has 1 aromatic carbocycles. The van der Waals surface area contributed by atoms with Gasteiger partial charge in [-0.2, -0.15) is 0 Å². The Morgan fingerprint density at radius 3 is 2.73 bits per heavy atom. The number of carbonyl (C=O) groups excluding carboxylic acids is 1. The van der Waals surface area contributed by atoms with Gasteiger partial charge in [0.05, 0.1) is 18.1 Å². The molecule has 1 heterocycles. The second-order valence-electron chi connectivity index (χ2n) is 6.05. The van der Waals surface area contributed by atoms with E-state index in [9.17, 15) is 4.79 Å². The zero-order valence-corrected chi connectivity index (χ0v) is 13.5. The fourth-order valence-corrected chi connectivity index (χ4v) is 2.88. The van der Waals surface area contributed by atoms with Gasteiger partial charge in [-0.05, 0) is 26.3 Å². The van der Waals surface area contributed by atoms with E-state index in [1.165, 1.54) is 5.56 Å². The van der Waals surface area contributed by atoms with Gasteiger partial charge in [0, 0.05) is 19.1 Å². The van der Waals surface area contributed by atoms with Crippen molar-refractivity contribution in [1.82, 2.24) is 10.2 Å². The molecule has 1 aromatic rings. The quantitative estimate of drug-likeness (QED) is 0.869. The number of hydrogen-bond acceptors (Lipinski definition) is 3. The summed E-state index contributed by atoms with van der Waals surface area (Å²) in [5, 5.41) is 2.93. The lowest BCUT2D eigenvalue weighted by molar-refractivity contribution is 0.109. The molecule has 0 spiro atoms. The number of carbonyl (C=O) groups is 1. The van der Waals surface area contributed by atoms with Gasteiger partial charge in [-0.3, -0.25) is 4.90 Å². The monoisotopic (exact) mass is 300 g/mol. The first-order valence-corrected chi connectivity index (χ1v) is 7.72. The van der Waals surface area contributed by atoms with Crippen molar-refractivity contribution < 1.29 is 9.53 Å². The highest BCUT2D eigenvalue weighted by molar-refractivity contribution is 5.68. The minimum absolute atomic E-state index is 0.00146. The Labute approximate surface area is 132 Å². The van der Waals surface area contributed by atoms with Crippen molar-refractivity contribution in [1.29, 1.82) is 0 Å². The van der Waals surface area contributed by atoms with E-state index in [1.54, 1.807) is 0 Å². The van der Waals surface area contributed by atoms with Crippen molar-refractivity contribution in [2.75, 3.05) is 6.54 Å².